The number of halogens is 1. The number of rotatable bonds is 3. The number of aryl methyl sites for hydroxylation is 1. The van der Waals surface area contributed by atoms with Crippen LogP contribution in [-0.4, -0.2) is 30.1 Å². The molecule has 0 radical (unpaired) electrons. The Morgan fingerprint density at radius 3 is 3.00 bits per heavy atom. The van der Waals surface area contributed by atoms with Gasteiger partial charge in [-0.2, -0.15) is 0 Å². The average Bonchev–Trinajstić information content (AvgIpc) is 2.70. The predicted octanol–water partition coefficient (Wildman–Crippen LogP) is 2.20. The van der Waals surface area contributed by atoms with Crippen LogP contribution >= 0.6 is 11.6 Å². The van der Waals surface area contributed by atoms with Crippen LogP contribution in [0.1, 0.15) is 29.4 Å². The van der Waals surface area contributed by atoms with Crippen LogP contribution in [0.4, 0.5) is 0 Å². The minimum Gasteiger partial charge on any atom is -0.378 e. The summed E-state index contributed by atoms with van der Waals surface area (Å²) in [6.45, 7) is 5.27. The van der Waals surface area contributed by atoms with Crippen molar-refractivity contribution in [3.05, 3.63) is 28.5 Å². The summed E-state index contributed by atoms with van der Waals surface area (Å²) < 4.78 is 5.46. The Labute approximate surface area is 112 Å². The second kappa shape index (κ2) is 5.67. The molecule has 0 bridgehead atoms. The molecule has 5 heteroatoms. The van der Waals surface area contributed by atoms with Crippen LogP contribution in [0.15, 0.2) is 12.1 Å². The van der Waals surface area contributed by atoms with E-state index in [1.807, 2.05) is 13.8 Å². The molecule has 18 heavy (non-hydrogen) atoms. The lowest BCUT2D eigenvalue weighted by molar-refractivity contribution is 0.0907. The van der Waals surface area contributed by atoms with Gasteiger partial charge in [-0.25, -0.2) is 4.98 Å². The summed E-state index contributed by atoms with van der Waals surface area (Å²) in [4.78, 5) is 16.0. The van der Waals surface area contributed by atoms with Gasteiger partial charge in [-0.1, -0.05) is 11.6 Å². The first-order valence-corrected chi connectivity index (χ1v) is 6.48. The molecule has 0 aromatic carbocycles. The standard InChI is InChI=1S/C13H17ClN2O2/c1-8-5-11(6-12(14)16-8)13(17)15-7-10-3-4-18-9(10)2/h5-6,9-10H,3-4,7H2,1-2H3,(H,15,17). The van der Waals surface area contributed by atoms with Gasteiger partial charge in [0.15, 0.2) is 0 Å². The molecule has 2 atom stereocenters. The van der Waals surface area contributed by atoms with Crippen LogP contribution in [0.25, 0.3) is 0 Å². The van der Waals surface area contributed by atoms with Gasteiger partial charge in [-0.15, -0.1) is 0 Å². The molecule has 0 saturated carbocycles. The lowest BCUT2D eigenvalue weighted by Gasteiger charge is -2.14. The minimum absolute atomic E-state index is 0.110. The molecular weight excluding hydrogens is 252 g/mol. The summed E-state index contributed by atoms with van der Waals surface area (Å²) in [5, 5.41) is 3.27. The van der Waals surface area contributed by atoms with E-state index in [0.717, 1.165) is 18.7 Å². The SMILES string of the molecule is Cc1cc(C(=O)NCC2CCOC2C)cc(Cl)n1. The average molecular weight is 269 g/mol. The third-order valence-electron chi connectivity index (χ3n) is 3.24. The summed E-state index contributed by atoms with van der Waals surface area (Å²) in [6, 6.07) is 3.31. The van der Waals surface area contributed by atoms with Gasteiger partial charge in [0.1, 0.15) is 5.15 Å². The summed E-state index contributed by atoms with van der Waals surface area (Å²) >= 11 is 5.83. The number of aromatic nitrogens is 1. The maximum absolute atomic E-state index is 12.0. The Hall–Kier alpha value is -1.13. The third-order valence-corrected chi connectivity index (χ3v) is 3.44. The summed E-state index contributed by atoms with van der Waals surface area (Å²) in [7, 11) is 0. The fourth-order valence-electron chi connectivity index (χ4n) is 2.13. The molecule has 1 saturated heterocycles. The number of ether oxygens (including phenoxy) is 1. The molecule has 2 heterocycles. The topological polar surface area (TPSA) is 51.2 Å². The van der Waals surface area contributed by atoms with Gasteiger partial charge in [0.25, 0.3) is 5.91 Å². The van der Waals surface area contributed by atoms with Crippen molar-refractivity contribution >= 4 is 17.5 Å². The zero-order valence-electron chi connectivity index (χ0n) is 10.6. The van der Waals surface area contributed by atoms with E-state index in [-0.39, 0.29) is 12.0 Å². The molecule has 0 aliphatic carbocycles. The normalized spacial score (nSPS) is 23.1. The van der Waals surface area contributed by atoms with Crippen LogP contribution in [0.5, 0.6) is 0 Å². The second-order valence-electron chi connectivity index (χ2n) is 4.65. The van der Waals surface area contributed by atoms with E-state index in [2.05, 4.69) is 10.3 Å². The van der Waals surface area contributed by atoms with Crippen molar-refractivity contribution in [3.63, 3.8) is 0 Å². The number of amides is 1. The maximum atomic E-state index is 12.0. The third kappa shape index (κ3) is 3.21. The number of carbonyl (C=O) groups is 1. The smallest absolute Gasteiger partial charge is 0.251 e. The van der Waals surface area contributed by atoms with Crippen LogP contribution in [0.3, 0.4) is 0 Å². The molecule has 2 unspecified atom stereocenters. The van der Waals surface area contributed by atoms with Crippen LogP contribution < -0.4 is 5.32 Å². The van der Waals surface area contributed by atoms with Crippen LogP contribution in [0.2, 0.25) is 5.15 Å². The van der Waals surface area contributed by atoms with E-state index in [1.165, 1.54) is 0 Å². The van der Waals surface area contributed by atoms with Crippen molar-refractivity contribution in [2.75, 3.05) is 13.2 Å². The summed E-state index contributed by atoms with van der Waals surface area (Å²) in [5.74, 6) is 0.286. The fourth-order valence-corrected chi connectivity index (χ4v) is 2.38. The van der Waals surface area contributed by atoms with Gasteiger partial charge in [-0.3, -0.25) is 4.79 Å². The van der Waals surface area contributed by atoms with Crippen molar-refractivity contribution in [2.24, 2.45) is 5.92 Å². The number of nitrogens with one attached hydrogen (secondary N) is 1. The van der Waals surface area contributed by atoms with Crippen molar-refractivity contribution in [3.8, 4) is 0 Å². The lowest BCUT2D eigenvalue weighted by atomic mass is 10.0. The van der Waals surface area contributed by atoms with E-state index in [9.17, 15) is 4.79 Å². The van der Waals surface area contributed by atoms with Gasteiger partial charge < -0.3 is 10.1 Å². The first-order valence-electron chi connectivity index (χ1n) is 6.10. The highest BCUT2D eigenvalue weighted by atomic mass is 35.5. The number of pyridine rings is 1. The van der Waals surface area contributed by atoms with E-state index in [0.29, 0.717) is 23.2 Å². The molecule has 1 fully saturated rings. The van der Waals surface area contributed by atoms with Crippen LogP contribution in [-0.2, 0) is 4.74 Å². The van der Waals surface area contributed by atoms with Crippen molar-refractivity contribution < 1.29 is 9.53 Å². The zero-order chi connectivity index (χ0) is 13.1. The molecule has 1 aliphatic rings. The van der Waals surface area contributed by atoms with Gasteiger partial charge >= 0.3 is 0 Å². The highest BCUT2D eigenvalue weighted by molar-refractivity contribution is 6.29. The van der Waals surface area contributed by atoms with E-state index in [1.54, 1.807) is 12.1 Å². The summed E-state index contributed by atoms with van der Waals surface area (Å²) in [5.41, 5.74) is 1.30. The fraction of sp³-hybridized carbons (Fsp3) is 0.538. The Bertz CT molecular complexity index is 430. The van der Waals surface area contributed by atoms with Crippen molar-refractivity contribution in [2.45, 2.75) is 26.4 Å². The van der Waals surface area contributed by atoms with Crippen molar-refractivity contribution in [1.29, 1.82) is 0 Å². The number of hydrogen-bond donors (Lipinski definition) is 1. The zero-order valence-corrected chi connectivity index (χ0v) is 11.3. The molecule has 1 amide bonds. The molecule has 2 rings (SSSR count). The molecule has 4 nitrogen and oxygen atoms in total. The van der Waals surface area contributed by atoms with E-state index >= 15 is 0 Å². The Kier molecular flexibility index (Phi) is 4.19. The highest BCUT2D eigenvalue weighted by Gasteiger charge is 2.24. The molecule has 1 aromatic rings. The maximum Gasteiger partial charge on any atom is 0.251 e. The van der Waals surface area contributed by atoms with Gasteiger partial charge in [-0.05, 0) is 32.4 Å². The van der Waals surface area contributed by atoms with Gasteiger partial charge in [0.2, 0.25) is 0 Å². The van der Waals surface area contributed by atoms with Gasteiger partial charge in [0.05, 0.1) is 6.10 Å². The first-order chi connectivity index (χ1) is 8.56. The number of nitrogens with zero attached hydrogens (tertiary/aromatic N) is 1. The molecular formula is C13H17ClN2O2. The molecule has 1 N–H and O–H groups in total. The minimum atomic E-state index is -0.110. The molecule has 1 aliphatic heterocycles. The first kappa shape index (κ1) is 13.3. The predicted molar refractivity (Wildman–Crippen MR) is 69.8 cm³/mol. The molecule has 0 spiro atoms. The number of hydrogen-bond acceptors (Lipinski definition) is 3. The lowest BCUT2D eigenvalue weighted by Crippen LogP contribution is -2.32. The molecule has 98 valence electrons. The largest absolute Gasteiger partial charge is 0.378 e. The van der Waals surface area contributed by atoms with Gasteiger partial charge in [0, 0.05) is 30.3 Å². The van der Waals surface area contributed by atoms with E-state index < -0.39 is 0 Å². The Morgan fingerprint density at radius 1 is 1.61 bits per heavy atom. The second-order valence-corrected chi connectivity index (χ2v) is 5.04. The Morgan fingerprint density at radius 2 is 2.39 bits per heavy atom. The monoisotopic (exact) mass is 268 g/mol. The Balaban J connectivity index is 1.95. The van der Waals surface area contributed by atoms with Crippen molar-refractivity contribution in [1.82, 2.24) is 10.3 Å². The summed E-state index contributed by atoms with van der Waals surface area (Å²) in [6.07, 6.45) is 1.21. The molecule has 1 aromatic heterocycles. The van der Waals surface area contributed by atoms with Crippen LogP contribution in [0, 0.1) is 12.8 Å². The van der Waals surface area contributed by atoms with E-state index in [4.69, 9.17) is 16.3 Å². The highest BCUT2D eigenvalue weighted by Crippen LogP contribution is 2.19. The number of carbonyl (C=O) groups excluding carboxylic acids is 1. The quantitative estimate of drug-likeness (QED) is 0.855.